The van der Waals surface area contributed by atoms with Gasteiger partial charge in [0.2, 0.25) is 0 Å². The first kappa shape index (κ1) is 10.4. The lowest BCUT2D eigenvalue weighted by atomic mass is 10.1. The summed E-state index contributed by atoms with van der Waals surface area (Å²) in [5.41, 5.74) is 0. The lowest BCUT2D eigenvalue weighted by Crippen LogP contribution is -2.22. The third-order valence-electron chi connectivity index (χ3n) is 1.17. The SMILES string of the molecule is CC(C)CCOC([O])C(=O)O. The lowest BCUT2D eigenvalue weighted by Gasteiger charge is -2.06. The third-order valence-corrected chi connectivity index (χ3v) is 1.17. The van der Waals surface area contributed by atoms with Crippen molar-refractivity contribution in [3.63, 3.8) is 0 Å². The minimum Gasteiger partial charge on any atom is -0.477 e. The summed E-state index contributed by atoms with van der Waals surface area (Å²) in [4.78, 5) is 9.94. The van der Waals surface area contributed by atoms with Crippen LogP contribution < -0.4 is 0 Å². The Morgan fingerprint density at radius 2 is 2.09 bits per heavy atom. The Bertz CT molecular complexity index is 122. The highest BCUT2D eigenvalue weighted by molar-refractivity contribution is 5.70. The van der Waals surface area contributed by atoms with Crippen LogP contribution in [0.25, 0.3) is 0 Å². The van der Waals surface area contributed by atoms with Gasteiger partial charge in [0.25, 0.3) is 6.29 Å². The Balaban J connectivity index is 3.31. The predicted molar refractivity (Wildman–Crippen MR) is 37.5 cm³/mol. The van der Waals surface area contributed by atoms with E-state index >= 15 is 0 Å². The van der Waals surface area contributed by atoms with Crippen LogP contribution in [0, 0.1) is 5.92 Å². The van der Waals surface area contributed by atoms with Gasteiger partial charge in [0.05, 0.1) is 6.61 Å². The van der Waals surface area contributed by atoms with E-state index in [9.17, 15) is 9.90 Å². The van der Waals surface area contributed by atoms with Gasteiger partial charge in [-0.15, -0.1) is 0 Å². The van der Waals surface area contributed by atoms with Crippen molar-refractivity contribution in [3.05, 3.63) is 0 Å². The van der Waals surface area contributed by atoms with Crippen LogP contribution in [-0.2, 0) is 14.6 Å². The van der Waals surface area contributed by atoms with Crippen molar-refractivity contribution in [2.45, 2.75) is 26.6 Å². The minimum absolute atomic E-state index is 0.220. The first-order valence-corrected chi connectivity index (χ1v) is 3.54. The van der Waals surface area contributed by atoms with Gasteiger partial charge in [-0.3, -0.25) is 0 Å². The van der Waals surface area contributed by atoms with Gasteiger partial charge in [-0.05, 0) is 12.3 Å². The Kier molecular flexibility index (Phi) is 4.81. The maximum Gasteiger partial charge on any atom is 0.364 e. The highest BCUT2D eigenvalue weighted by Gasteiger charge is 2.14. The molecule has 65 valence electrons. The number of hydrogen-bond donors (Lipinski definition) is 1. The van der Waals surface area contributed by atoms with Gasteiger partial charge < -0.3 is 9.84 Å². The number of aliphatic carboxylic acids is 1. The number of carboxylic acid groups (broad SMARTS) is 1. The number of hydrogen-bond acceptors (Lipinski definition) is 2. The quantitative estimate of drug-likeness (QED) is 0.609. The molecule has 0 fully saturated rings. The Morgan fingerprint density at radius 3 is 2.45 bits per heavy atom. The molecule has 1 N–H and O–H groups in total. The van der Waals surface area contributed by atoms with E-state index in [-0.39, 0.29) is 6.61 Å². The summed E-state index contributed by atoms with van der Waals surface area (Å²) < 4.78 is 4.46. The molecule has 1 unspecified atom stereocenters. The van der Waals surface area contributed by atoms with Gasteiger partial charge in [0.15, 0.2) is 0 Å². The van der Waals surface area contributed by atoms with Crippen LogP contribution in [0.15, 0.2) is 0 Å². The van der Waals surface area contributed by atoms with E-state index in [0.29, 0.717) is 12.3 Å². The topological polar surface area (TPSA) is 66.4 Å². The largest absolute Gasteiger partial charge is 0.477 e. The molecule has 0 aromatic rings. The van der Waals surface area contributed by atoms with Crippen LogP contribution in [0.2, 0.25) is 0 Å². The molecule has 0 aromatic carbocycles. The molecular formula is C7H13O4. The molecule has 0 spiro atoms. The lowest BCUT2D eigenvalue weighted by molar-refractivity contribution is -0.190. The average Bonchev–Trinajstić information content (AvgIpc) is 1.86. The monoisotopic (exact) mass is 161 g/mol. The molecule has 11 heavy (non-hydrogen) atoms. The minimum atomic E-state index is -1.92. The van der Waals surface area contributed by atoms with Crippen molar-refractivity contribution in [2.24, 2.45) is 5.92 Å². The van der Waals surface area contributed by atoms with E-state index in [2.05, 4.69) is 4.74 Å². The van der Waals surface area contributed by atoms with Crippen LogP contribution in [0.5, 0.6) is 0 Å². The number of rotatable bonds is 5. The summed E-state index contributed by atoms with van der Waals surface area (Å²) in [7, 11) is 0. The molecule has 0 saturated heterocycles. The second-order valence-electron chi connectivity index (χ2n) is 2.72. The standard InChI is InChI=1S/C7H13O4/c1-5(2)3-4-11-7(10)6(8)9/h5,7H,3-4H2,1-2H3,(H,8,9). The van der Waals surface area contributed by atoms with Crippen molar-refractivity contribution in [2.75, 3.05) is 6.61 Å². The van der Waals surface area contributed by atoms with Gasteiger partial charge in [-0.2, -0.15) is 5.11 Å². The second kappa shape index (κ2) is 5.09. The summed E-state index contributed by atoms with van der Waals surface area (Å²) in [6.45, 7) is 4.17. The fourth-order valence-corrected chi connectivity index (χ4v) is 0.482. The zero-order valence-corrected chi connectivity index (χ0v) is 6.74. The van der Waals surface area contributed by atoms with Crippen LogP contribution in [0.1, 0.15) is 20.3 Å². The number of carbonyl (C=O) groups is 1. The van der Waals surface area contributed by atoms with Crippen LogP contribution in [0.3, 0.4) is 0 Å². The summed E-state index contributed by atoms with van der Waals surface area (Å²) in [6.07, 6.45) is -1.21. The molecule has 0 heterocycles. The molecular weight excluding hydrogens is 148 g/mol. The van der Waals surface area contributed by atoms with E-state index in [1.165, 1.54) is 0 Å². The highest BCUT2D eigenvalue weighted by atomic mass is 16.6. The second-order valence-corrected chi connectivity index (χ2v) is 2.72. The van der Waals surface area contributed by atoms with Crippen molar-refractivity contribution in [1.29, 1.82) is 0 Å². The molecule has 1 radical (unpaired) electrons. The first-order chi connectivity index (χ1) is 5.04. The van der Waals surface area contributed by atoms with Crippen LogP contribution >= 0.6 is 0 Å². The molecule has 0 saturated carbocycles. The fourth-order valence-electron chi connectivity index (χ4n) is 0.482. The smallest absolute Gasteiger partial charge is 0.364 e. The molecule has 0 aliphatic heterocycles. The van der Waals surface area contributed by atoms with E-state index in [4.69, 9.17) is 5.11 Å². The van der Waals surface area contributed by atoms with E-state index < -0.39 is 12.3 Å². The van der Waals surface area contributed by atoms with E-state index in [0.717, 1.165) is 0 Å². The van der Waals surface area contributed by atoms with Crippen molar-refractivity contribution in [3.8, 4) is 0 Å². The highest BCUT2D eigenvalue weighted by Crippen LogP contribution is 2.00. The first-order valence-electron chi connectivity index (χ1n) is 3.54. The summed E-state index contributed by atoms with van der Waals surface area (Å²) in [6, 6.07) is 0. The number of carboxylic acids is 1. The van der Waals surface area contributed by atoms with Crippen molar-refractivity contribution >= 4 is 5.97 Å². The molecule has 0 aliphatic rings. The van der Waals surface area contributed by atoms with Gasteiger partial charge in [-0.1, -0.05) is 13.8 Å². The van der Waals surface area contributed by atoms with Crippen molar-refractivity contribution in [1.82, 2.24) is 0 Å². The Morgan fingerprint density at radius 1 is 1.55 bits per heavy atom. The van der Waals surface area contributed by atoms with Gasteiger partial charge in [-0.25, -0.2) is 4.79 Å². The molecule has 0 aromatic heterocycles. The van der Waals surface area contributed by atoms with Gasteiger partial charge >= 0.3 is 5.97 Å². The maximum absolute atomic E-state index is 10.4. The van der Waals surface area contributed by atoms with Crippen LogP contribution in [-0.4, -0.2) is 24.0 Å². The normalized spacial score (nSPS) is 13.5. The van der Waals surface area contributed by atoms with Gasteiger partial charge in [0, 0.05) is 0 Å². The fraction of sp³-hybridized carbons (Fsp3) is 0.857. The summed E-state index contributed by atoms with van der Waals surface area (Å²) >= 11 is 0. The molecule has 4 heteroatoms. The molecule has 0 aliphatic carbocycles. The molecule has 0 amide bonds. The summed E-state index contributed by atoms with van der Waals surface area (Å²) in [5.74, 6) is -1.02. The Hall–Kier alpha value is -0.610. The van der Waals surface area contributed by atoms with Crippen LogP contribution in [0.4, 0.5) is 0 Å². The molecule has 4 nitrogen and oxygen atoms in total. The van der Waals surface area contributed by atoms with E-state index in [1.54, 1.807) is 0 Å². The maximum atomic E-state index is 10.4. The Labute approximate surface area is 65.8 Å². The molecule has 0 bridgehead atoms. The third kappa shape index (κ3) is 5.82. The average molecular weight is 161 g/mol. The van der Waals surface area contributed by atoms with E-state index in [1.807, 2.05) is 13.8 Å². The zero-order valence-electron chi connectivity index (χ0n) is 6.74. The van der Waals surface area contributed by atoms with Gasteiger partial charge in [0.1, 0.15) is 0 Å². The zero-order chi connectivity index (χ0) is 8.85. The summed E-state index contributed by atoms with van der Waals surface area (Å²) in [5, 5.41) is 18.5. The van der Waals surface area contributed by atoms with Crippen molar-refractivity contribution < 1.29 is 19.7 Å². The predicted octanol–water partition coefficient (Wildman–Crippen LogP) is 0.890. The number of ether oxygens (including phenoxy) is 1. The molecule has 1 atom stereocenters. The molecule has 0 rings (SSSR count).